The molecule has 1 amide bonds. The molecular weight excluding hydrogens is 358 g/mol. The van der Waals surface area contributed by atoms with E-state index < -0.39 is 10.0 Å². The van der Waals surface area contributed by atoms with E-state index in [1.807, 2.05) is 4.90 Å². The van der Waals surface area contributed by atoms with E-state index in [1.165, 1.54) is 4.31 Å². The third kappa shape index (κ3) is 3.63. The van der Waals surface area contributed by atoms with Crippen molar-refractivity contribution < 1.29 is 13.2 Å². The second-order valence-corrected chi connectivity index (χ2v) is 7.83. The highest BCUT2D eigenvalue weighted by atomic mass is 79.9. The van der Waals surface area contributed by atoms with Crippen LogP contribution in [0.3, 0.4) is 0 Å². The topological polar surface area (TPSA) is 83.7 Å². The number of piperazine rings is 1. The number of nitrogens with zero attached hydrogens (tertiary/aromatic N) is 2. The molecule has 21 heavy (non-hydrogen) atoms. The van der Waals surface area contributed by atoms with Crippen LogP contribution in [0.25, 0.3) is 0 Å². The Morgan fingerprint density at radius 2 is 1.71 bits per heavy atom. The van der Waals surface area contributed by atoms with Gasteiger partial charge in [-0.25, -0.2) is 8.42 Å². The summed E-state index contributed by atoms with van der Waals surface area (Å²) in [5.41, 5.74) is 5.28. The van der Waals surface area contributed by atoms with Gasteiger partial charge in [-0.05, 0) is 31.2 Å². The molecule has 1 aliphatic heterocycles. The SMILES string of the molecule is C[C@@H](C(N)=O)N1CCN(S(=O)(=O)c2ccc(Br)cc2)CC1. The van der Waals surface area contributed by atoms with Gasteiger partial charge in [0, 0.05) is 30.7 Å². The van der Waals surface area contributed by atoms with Gasteiger partial charge >= 0.3 is 0 Å². The number of halogens is 1. The van der Waals surface area contributed by atoms with Crippen LogP contribution < -0.4 is 5.73 Å². The normalized spacial score (nSPS) is 19.3. The second-order valence-electron chi connectivity index (χ2n) is 4.97. The highest BCUT2D eigenvalue weighted by Crippen LogP contribution is 2.20. The first-order valence-corrected chi connectivity index (χ1v) is 8.85. The van der Waals surface area contributed by atoms with Crippen LogP contribution in [0.5, 0.6) is 0 Å². The van der Waals surface area contributed by atoms with Gasteiger partial charge in [0.05, 0.1) is 10.9 Å². The van der Waals surface area contributed by atoms with Crippen LogP contribution in [0.1, 0.15) is 6.92 Å². The Balaban J connectivity index is 2.07. The molecule has 0 unspecified atom stereocenters. The number of rotatable bonds is 4. The summed E-state index contributed by atoms with van der Waals surface area (Å²) in [6.07, 6.45) is 0. The van der Waals surface area contributed by atoms with Crippen LogP contribution in [0.15, 0.2) is 33.6 Å². The molecule has 0 saturated carbocycles. The van der Waals surface area contributed by atoms with E-state index >= 15 is 0 Å². The summed E-state index contributed by atoms with van der Waals surface area (Å²) in [4.78, 5) is 13.4. The molecule has 2 rings (SSSR count). The molecule has 1 aromatic rings. The van der Waals surface area contributed by atoms with Crippen molar-refractivity contribution in [3.63, 3.8) is 0 Å². The maximum Gasteiger partial charge on any atom is 0.243 e. The Kier molecular flexibility index (Phi) is 5.03. The first-order valence-electron chi connectivity index (χ1n) is 6.61. The molecule has 1 aliphatic rings. The van der Waals surface area contributed by atoms with Gasteiger partial charge in [-0.2, -0.15) is 4.31 Å². The predicted octanol–water partition coefficient (Wildman–Crippen LogP) is 0.629. The van der Waals surface area contributed by atoms with Crippen molar-refractivity contribution in [3.8, 4) is 0 Å². The van der Waals surface area contributed by atoms with Crippen molar-refractivity contribution >= 4 is 31.9 Å². The minimum Gasteiger partial charge on any atom is -0.368 e. The number of amides is 1. The average Bonchev–Trinajstić information content (AvgIpc) is 2.47. The van der Waals surface area contributed by atoms with E-state index in [0.29, 0.717) is 26.2 Å². The van der Waals surface area contributed by atoms with E-state index in [9.17, 15) is 13.2 Å². The number of hydrogen-bond acceptors (Lipinski definition) is 4. The lowest BCUT2D eigenvalue weighted by atomic mass is 10.2. The van der Waals surface area contributed by atoms with Crippen LogP contribution in [0, 0.1) is 0 Å². The molecule has 0 aromatic heterocycles. The number of nitrogens with two attached hydrogens (primary N) is 1. The summed E-state index contributed by atoms with van der Waals surface area (Å²) in [6.45, 7) is 3.45. The summed E-state index contributed by atoms with van der Waals surface area (Å²) in [7, 11) is -3.48. The maximum atomic E-state index is 12.5. The first-order chi connectivity index (χ1) is 9.82. The molecule has 0 spiro atoms. The van der Waals surface area contributed by atoms with Crippen molar-refractivity contribution in [1.82, 2.24) is 9.21 Å². The van der Waals surface area contributed by atoms with Gasteiger partial charge in [0.1, 0.15) is 0 Å². The lowest BCUT2D eigenvalue weighted by Gasteiger charge is -2.36. The van der Waals surface area contributed by atoms with Gasteiger partial charge < -0.3 is 5.73 Å². The second kappa shape index (κ2) is 6.43. The molecule has 0 bridgehead atoms. The standard InChI is InChI=1S/C13H18BrN3O3S/c1-10(13(15)18)16-6-8-17(9-7-16)21(19,20)12-4-2-11(14)3-5-12/h2-5,10H,6-9H2,1H3,(H2,15,18)/t10-/m0/s1. The molecule has 0 radical (unpaired) electrons. The molecule has 2 N–H and O–H groups in total. The molecule has 1 aromatic carbocycles. The lowest BCUT2D eigenvalue weighted by Crippen LogP contribution is -2.54. The van der Waals surface area contributed by atoms with Crippen molar-refractivity contribution in [1.29, 1.82) is 0 Å². The average molecular weight is 376 g/mol. The highest BCUT2D eigenvalue weighted by molar-refractivity contribution is 9.10. The van der Waals surface area contributed by atoms with Gasteiger partial charge in [0.15, 0.2) is 0 Å². The summed E-state index contributed by atoms with van der Waals surface area (Å²) in [6, 6.07) is 6.20. The fourth-order valence-electron chi connectivity index (χ4n) is 2.27. The predicted molar refractivity (Wildman–Crippen MR) is 83.1 cm³/mol. The summed E-state index contributed by atoms with van der Waals surface area (Å²) in [5, 5.41) is 0. The van der Waals surface area contributed by atoms with Crippen molar-refractivity contribution in [2.45, 2.75) is 17.9 Å². The minimum atomic E-state index is -3.48. The fourth-order valence-corrected chi connectivity index (χ4v) is 3.95. The lowest BCUT2D eigenvalue weighted by molar-refractivity contribution is -0.123. The van der Waals surface area contributed by atoms with Crippen LogP contribution >= 0.6 is 15.9 Å². The number of carbonyl (C=O) groups is 1. The van der Waals surface area contributed by atoms with Gasteiger partial charge in [-0.1, -0.05) is 15.9 Å². The van der Waals surface area contributed by atoms with E-state index in [1.54, 1.807) is 31.2 Å². The van der Waals surface area contributed by atoms with Crippen LogP contribution in [-0.4, -0.2) is 55.8 Å². The number of primary amides is 1. The largest absolute Gasteiger partial charge is 0.368 e. The van der Waals surface area contributed by atoms with Gasteiger partial charge in [-0.3, -0.25) is 9.69 Å². The number of carbonyl (C=O) groups excluding carboxylic acids is 1. The van der Waals surface area contributed by atoms with Crippen LogP contribution in [-0.2, 0) is 14.8 Å². The quantitative estimate of drug-likeness (QED) is 0.836. The Bertz CT molecular complexity index is 610. The zero-order valence-corrected chi connectivity index (χ0v) is 14.1. The summed E-state index contributed by atoms with van der Waals surface area (Å²) in [5.74, 6) is -0.390. The van der Waals surface area contributed by atoms with Crippen LogP contribution in [0.4, 0.5) is 0 Å². The molecule has 1 atom stereocenters. The van der Waals surface area contributed by atoms with E-state index in [0.717, 1.165) is 4.47 Å². The van der Waals surface area contributed by atoms with E-state index in [-0.39, 0.29) is 16.8 Å². The van der Waals surface area contributed by atoms with E-state index in [4.69, 9.17) is 5.73 Å². The van der Waals surface area contributed by atoms with Gasteiger partial charge in [0.25, 0.3) is 0 Å². The summed E-state index contributed by atoms with van der Waals surface area (Å²) < 4.78 is 27.3. The first kappa shape index (κ1) is 16.4. The zero-order chi connectivity index (χ0) is 15.6. The molecule has 1 fully saturated rings. The molecule has 0 aliphatic carbocycles. The van der Waals surface area contributed by atoms with Gasteiger partial charge in [-0.15, -0.1) is 0 Å². The molecular formula is C13H18BrN3O3S. The molecule has 6 nitrogen and oxygen atoms in total. The molecule has 1 saturated heterocycles. The van der Waals surface area contributed by atoms with Crippen molar-refractivity contribution in [3.05, 3.63) is 28.7 Å². The smallest absolute Gasteiger partial charge is 0.243 e. The fraction of sp³-hybridized carbons (Fsp3) is 0.462. The zero-order valence-electron chi connectivity index (χ0n) is 11.7. The third-order valence-corrected chi connectivity index (χ3v) is 6.13. The monoisotopic (exact) mass is 375 g/mol. The minimum absolute atomic E-state index is 0.280. The number of benzene rings is 1. The molecule has 8 heteroatoms. The Morgan fingerprint density at radius 3 is 2.19 bits per heavy atom. The van der Waals surface area contributed by atoms with Crippen molar-refractivity contribution in [2.24, 2.45) is 5.73 Å². The van der Waals surface area contributed by atoms with E-state index in [2.05, 4.69) is 15.9 Å². The maximum absolute atomic E-state index is 12.5. The Labute approximate surface area is 133 Å². The number of hydrogen-bond donors (Lipinski definition) is 1. The highest BCUT2D eigenvalue weighted by Gasteiger charge is 2.31. The molecule has 1 heterocycles. The third-order valence-electron chi connectivity index (χ3n) is 3.68. The summed E-state index contributed by atoms with van der Waals surface area (Å²) >= 11 is 3.29. The number of sulfonamides is 1. The Hall–Kier alpha value is -0.960. The molecule has 116 valence electrons. The van der Waals surface area contributed by atoms with Gasteiger partial charge in [0.2, 0.25) is 15.9 Å². The Morgan fingerprint density at radius 1 is 1.19 bits per heavy atom. The van der Waals surface area contributed by atoms with Crippen LogP contribution in [0.2, 0.25) is 0 Å². The van der Waals surface area contributed by atoms with Crippen molar-refractivity contribution in [2.75, 3.05) is 26.2 Å².